The van der Waals surface area contributed by atoms with Gasteiger partial charge in [-0.25, -0.2) is 4.79 Å². The fourth-order valence-electron chi connectivity index (χ4n) is 3.80. The number of fused-ring (bicyclic) bond motifs is 1. The zero-order valence-electron chi connectivity index (χ0n) is 15.3. The van der Waals surface area contributed by atoms with E-state index in [1.165, 1.54) is 7.11 Å². The monoisotopic (exact) mass is 343 g/mol. The molecule has 1 aliphatic carbocycles. The number of terminal acetylenes is 1. The van der Waals surface area contributed by atoms with Gasteiger partial charge in [0.25, 0.3) is 5.79 Å². The first-order valence-electron chi connectivity index (χ1n) is 8.64. The second-order valence-corrected chi connectivity index (χ2v) is 7.21. The maximum atomic E-state index is 12.0. The fraction of sp³-hybridized carbons (Fsp3) is 0.550. The van der Waals surface area contributed by atoms with Crippen molar-refractivity contribution in [2.75, 3.05) is 27.7 Å². The smallest absolute Gasteiger partial charge is 0.338 e. The van der Waals surface area contributed by atoms with Gasteiger partial charge in [0.1, 0.15) is 0 Å². The summed E-state index contributed by atoms with van der Waals surface area (Å²) in [5.74, 6) is 3.35. The predicted octanol–water partition coefficient (Wildman–Crippen LogP) is 2.98. The Morgan fingerprint density at radius 2 is 2.00 bits per heavy atom. The minimum absolute atomic E-state index is 0.420. The summed E-state index contributed by atoms with van der Waals surface area (Å²) in [4.78, 5) is 14.2. The van der Waals surface area contributed by atoms with E-state index in [9.17, 15) is 4.79 Å². The first kappa shape index (κ1) is 17.6. The van der Waals surface area contributed by atoms with Crippen molar-refractivity contribution in [3.05, 3.63) is 22.8 Å². The van der Waals surface area contributed by atoms with Crippen molar-refractivity contribution in [1.82, 2.24) is 4.90 Å². The van der Waals surface area contributed by atoms with Crippen molar-refractivity contribution in [2.24, 2.45) is 5.92 Å². The Morgan fingerprint density at radius 1 is 1.36 bits per heavy atom. The van der Waals surface area contributed by atoms with Crippen LogP contribution in [0.2, 0.25) is 0 Å². The Hall–Kier alpha value is -2.19. The summed E-state index contributed by atoms with van der Waals surface area (Å²) in [6, 6.07) is 1.65. The highest BCUT2D eigenvalue weighted by Gasteiger charge is 2.46. The molecule has 0 saturated heterocycles. The molecule has 5 heteroatoms. The van der Waals surface area contributed by atoms with E-state index in [1.54, 1.807) is 6.07 Å². The van der Waals surface area contributed by atoms with E-state index < -0.39 is 11.8 Å². The van der Waals surface area contributed by atoms with Gasteiger partial charge in [-0.3, -0.25) is 0 Å². The van der Waals surface area contributed by atoms with Crippen LogP contribution in [-0.4, -0.2) is 44.4 Å². The molecule has 134 valence electrons. The molecule has 0 atom stereocenters. The summed E-state index contributed by atoms with van der Waals surface area (Å²) >= 11 is 0. The van der Waals surface area contributed by atoms with E-state index in [0.29, 0.717) is 34.1 Å². The number of hydrogen-bond acceptors (Lipinski definition) is 5. The van der Waals surface area contributed by atoms with Gasteiger partial charge in [0.05, 0.1) is 18.2 Å². The zero-order chi connectivity index (χ0) is 18.2. The normalized spacial score (nSPS) is 24.4. The zero-order valence-corrected chi connectivity index (χ0v) is 15.3. The molecular weight excluding hydrogens is 318 g/mol. The van der Waals surface area contributed by atoms with Crippen LogP contribution in [0.3, 0.4) is 0 Å². The van der Waals surface area contributed by atoms with Crippen molar-refractivity contribution in [1.29, 1.82) is 0 Å². The lowest BCUT2D eigenvalue weighted by molar-refractivity contribution is -0.114. The number of nitrogens with zero attached hydrogens (tertiary/aromatic N) is 1. The quantitative estimate of drug-likeness (QED) is 0.624. The molecular formula is C20H25NO4. The Balaban J connectivity index is 1.87. The van der Waals surface area contributed by atoms with E-state index in [-0.39, 0.29) is 0 Å². The number of methoxy groups -OCH3 is 1. The highest BCUT2D eigenvalue weighted by atomic mass is 16.7. The van der Waals surface area contributed by atoms with Gasteiger partial charge in [-0.2, -0.15) is 0 Å². The lowest BCUT2D eigenvalue weighted by Crippen LogP contribution is -2.43. The minimum atomic E-state index is -0.656. The summed E-state index contributed by atoms with van der Waals surface area (Å²) < 4.78 is 17.3. The highest BCUT2D eigenvalue weighted by molar-refractivity contribution is 5.93. The second-order valence-electron chi connectivity index (χ2n) is 7.21. The maximum Gasteiger partial charge on any atom is 0.338 e. The molecule has 0 bridgehead atoms. The van der Waals surface area contributed by atoms with Crippen LogP contribution in [0.5, 0.6) is 11.5 Å². The van der Waals surface area contributed by atoms with Crippen molar-refractivity contribution < 1.29 is 19.0 Å². The number of carbonyl (C=O) groups is 1. The summed E-state index contributed by atoms with van der Waals surface area (Å²) in [6.45, 7) is 2.91. The topological polar surface area (TPSA) is 48.0 Å². The lowest BCUT2D eigenvalue weighted by Gasteiger charge is -2.36. The molecule has 3 rings (SSSR count). The van der Waals surface area contributed by atoms with Gasteiger partial charge in [0, 0.05) is 24.9 Å². The summed E-state index contributed by atoms with van der Waals surface area (Å²) in [6.07, 6.45) is 9.35. The number of hydrogen-bond donors (Lipinski definition) is 0. The molecule has 5 nitrogen and oxygen atoms in total. The van der Waals surface area contributed by atoms with E-state index >= 15 is 0 Å². The Morgan fingerprint density at radius 3 is 2.56 bits per heavy atom. The third-order valence-electron chi connectivity index (χ3n) is 5.11. The molecule has 1 spiro atoms. The molecule has 0 N–H and O–H groups in total. The van der Waals surface area contributed by atoms with Crippen molar-refractivity contribution in [3.63, 3.8) is 0 Å². The van der Waals surface area contributed by atoms with Gasteiger partial charge in [-0.15, -0.1) is 6.42 Å². The SMILES string of the molecule is C#Cc1cc(C(=O)OC)c(C)c2c1OC1(CCC(CN(C)C)CC1)O2. The van der Waals surface area contributed by atoms with Crippen LogP contribution in [0.15, 0.2) is 6.07 Å². The fourth-order valence-corrected chi connectivity index (χ4v) is 3.80. The van der Waals surface area contributed by atoms with Crippen LogP contribution in [-0.2, 0) is 4.74 Å². The average molecular weight is 343 g/mol. The van der Waals surface area contributed by atoms with Gasteiger partial charge in [0.2, 0.25) is 0 Å². The van der Waals surface area contributed by atoms with Gasteiger partial charge in [-0.05, 0) is 45.8 Å². The Kier molecular flexibility index (Phi) is 4.66. The molecule has 2 aliphatic rings. The first-order chi connectivity index (χ1) is 11.9. The molecule has 1 saturated carbocycles. The van der Waals surface area contributed by atoms with Gasteiger partial charge < -0.3 is 19.1 Å². The molecule has 25 heavy (non-hydrogen) atoms. The minimum Gasteiger partial charge on any atom is -0.465 e. The molecule has 1 heterocycles. The number of benzene rings is 1. The van der Waals surface area contributed by atoms with Crippen LogP contribution >= 0.6 is 0 Å². The summed E-state index contributed by atoms with van der Waals surface area (Å²) in [7, 11) is 5.55. The molecule has 0 radical (unpaired) electrons. The van der Waals surface area contributed by atoms with E-state index in [2.05, 4.69) is 24.9 Å². The van der Waals surface area contributed by atoms with E-state index in [1.807, 2.05) is 6.92 Å². The van der Waals surface area contributed by atoms with E-state index in [4.69, 9.17) is 20.6 Å². The summed E-state index contributed by atoms with van der Waals surface area (Å²) in [5.41, 5.74) is 1.68. The third-order valence-corrected chi connectivity index (χ3v) is 5.11. The number of esters is 1. The van der Waals surface area contributed by atoms with Crippen LogP contribution in [0.4, 0.5) is 0 Å². The van der Waals surface area contributed by atoms with Gasteiger partial charge in [0.15, 0.2) is 11.5 Å². The maximum absolute atomic E-state index is 12.0. The van der Waals surface area contributed by atoms with Crippen molar-refractivity contribution in [3.8, 4) is 23.8 Å². The van der Waals surface area contributed by atoms with Crippen molar-refractivity contribution in [2.45, 2.75) is 38.4 Å². The van der Waals surface area contributed by atoms with E-state index in [0.717, 1.165) is 32.2 Å². The standard InChI is InChI=1S/C20H25NO4/c1-6-15-11-16(19(22)23-5)13(2)17-18(15)25-20(24-17)9-7-14(8-10-20)12-21(3)4/h1,11,14H,7-10,12H2,2-5H3. The molecule has 1 aromatic carbocycles. The third kappa shape index (κ3) is 3.19. The predicted molar refractivity (Wildman–Crippen MR) is 95.0 cm³/mol. The molecule has 1 aliphatic heterocycles. The Bertz CT molecular complexity index is 724. The molecule has 0 aromatic heterocycles. The highest BCUT2D eigenvalue weighted by Crippen LogP contribution is 2.50. The molecule has 1 aromatic rings. The largest absolute Gasteiger partial charge is 0.465 e. The molecule has 0 amide bonds. The van der Waals surface area contributed by atoms with Crippen LogP contribution < -0.4 is 9.47 Å². The average Bonchev–Trinajstić information content (AvgIpc) is 2.96. The first-order valence-corrected chi connectivity index (χ1v) is 8.64. The molecule has 1 fully saturated rings. The van der Waals surface area contributed by atoms with Crippen molar-refractivity contribution >= 4 is 5.97 Å². The lowest BCUT2D eigenvalue weighted by atomic mass is 9.85. The van der Waals surface area contributed by atoms with Gasteiger partial charge >= 0.3 is 5.97 Å². The second kappa shape index (κ2) is 6.61. The Labute approximate surface area is 149 Å². The van der Waals surface area contributed by atoms with Crippen LogP contribution in [0.1, 0.15) is 47.2 Å². The number of rotatable bonds is 3. The van der Waals surface area contributed by atoms with Crippen LogP contribution in [0.25, 0.3) is 0 Å². The molecule has 0 unspecified atom stereocenters. The summed E-state index contributed by atoms with van der Waals surface area (Å²) in [5, 5.41) is 0. The van der Waals surface area contributed by atoms with Crippen LogP contribution in [0, 0.1) is 25.2 Å². The number of carbonyl (C=O) groups excluding carboxylic acids is 1. The van der Waals surface area contributed by atoms with Gasteiger partial charge in [-0.1, -0.05) is 5.92 Å². The number of ether oxygens (including phenoxy) is 3.